The van der Waals surface area contributed by atoms with Crippen LogP contribution in [0.25, 0.3) is 0 Å². The number of carbonyl (C=O) groups is 2. The number of hydrogen-bond donors (Lipinski definition) is 0. The lowest BCUT2D eigenvalue weighted by atomic mass is 9.77. The van der Waals surface area contributed by atoms with Gasteiger partial charge in [-0.2, -0.15) is 0 Å². The zero-order chi connectivity index (χ0) is 16.1. The molecule has 2 bridgehead atoms. The van der Waals surface area contributed by atoms with Gasteiger partial charge in [0.05, 0.1) is 18.6 Å². The normalized spacial score (nSPS) is 36.6. The van der Waals surface area contributed by atoms with Crippen LogP contribution < -0.4 is 5.11 Å². The summed E-state index contributed by atoms with van der Waals surface area (Å²) in [5, 5.41) is 11.4. The first kappa shape index (κ1) is 15.3. The number of carboxylic acids is 1. The first-order valence-electron chi connectivity index (χ1n) is 7.87. The lowest BCUT2D eigenvalue weighted by molar-refractivity contribution is -0.313. The van der Waals surface area contributed by atoms with E-state index in [2.05, 4.69) is 19.9 Å². The number of amides is 1. The molecule has 0 radical (unpaired) electrons. The fourth-order valence-electron chi connectivity index (χ4n) is 3.94. The van der Waals surface area contributed by atoms with Crippen LogP contribution in [0.1, 0.15) is 33.6 Å². The quantitative estimate of drug-likeness (QED) is 0.699. The molecule has 1 amide bonds. The van der Waals surface area contributed by atoms with Crippen molar-refractivity contribution in [3.8, 4) is 0 Å². The molecule has 5 heteroatoms. The van der Waals surface area contributed by atoms with Gasteiger partial charge >= 0.3 is 0 Å². The second kappa shape index (κ2) is 5.23. The standard InChI is InChI=1S/C17H23NO4/c1-10(2)5-4-6-11(3)18-9-17-8-7-12(22-17)13(16(20)21)14(17)15(18)19/h5,7-8,11-14H,4,6,9H2,1-3H3,(H,20,21)/p-1/t11-,12-,13+,14+,17-/m0/s1. The third-order valence-electron chi connectivity index (χ3n) is 5.07. The van der Waals surface area contributed by atoms with E-state index in [-0.39, 0.29) is 11.9 Å². The molecule has 2 saturated heterocycles. The van der Waals surface area contributed by atoms with E-state index in [1.165, 1.54) is 5.57 Å². The van der Waals surface area contributed by atoms with Gasteiger partial charge < -0.3 is 19.5 Å². The fourth-order valence-corrected chi connectivity index (χ4v) is 3.94. The SMILES string of the molecule is CC(C)=CCC[C@H](C)N1C[C@]23C=C[C@H](O2)[C@@H](C(=O)[O-])[C@@H]3C1=O. The van der Waals surface area contributed by atoms with Crippen molar-refractivity contribution in [3.63, 3.8) is 0 Å². The Morgan fingerprint density at radius 2 is 2.32 bits per heavy atom. The minimum Gasteiger partial charge on any atom is -0.550 e. The summed E-state index contributed by atoms with van der Waals surface area (Å²) in [5.74, 6) is -2.77. The van der Waals surface area contributed by atoms with Gasteiger partial charge in [-0.3, -0.25) is 4.79 Å². The average molecular weight is 304 g/mol. The Labute approximate surface area is 130 Å². The minimum absolute atomic E-state index is 0.0709. The van der Waals surface area contributed by atoms with Crippen molar-refractivity contribution in [1.29, 1.82) is 0 Å². The van der Waals surface area contributed by atoms with E-state index >= 15 is 0 Å². The molecule has 0 aliphatic carbocycles. The number of hydrogen-bond acceptors (Lipinski definition) is 4. The van der Waals surface area contributed by atoms with E-state index in [0.29, 0.717) is 6.54 Å². The highest BCUT2D eigenvalue weighted by Crippen LogP contribution is 2.52. The Bertz CT molecular complexity index is 563. The number of nitrogens with zero attached hydrogens (tertiary/aromatic N) is 1. The summed E-state index contributed by atoms with van der Waals surface area (Å²) in [6, 6.07) is 0.0709. The Morgan fingerprint density at radius 1 is 1.59 bits per heavy atom. The van der Waals surface area contributed by atoms with Crippen molar-refractivity contribution in [3.05, 3.63) is 23.8 Å². The van der Waals surface area contributed by atoms with Gasteiger partial charge in [-0.05, 0) is 33.6 Å². The van der Waals surface area contributed by atoms with Crippen LogP contribution in [0.2, 0.25) is 0 Å². The Kier molecular flexibility index (Phi) is 3.63. The predicted octanol–water partition coefficient (Wildman–Crippen LogP) is 0.653. The van der Waals surface area contributed by atoms with Gasteiger partial charge in [0.2, 0.25) is 5.91 Å². The molecule has 3 heterocycles. The monoisotopic (exact) mass is 304 g/mol. The molecule has 2 fully saturated rings. The Hall–Kier alpha value is -1.62. The average Bonchev–Trinajstić information content (AvgIpc) is 3.06. The van der Waals surface area contributed by atoms with E-state index in [1.54, 1.807) is 11.0 Å². The molecule has 5 nitrogen and oxygen atoms in total. The lowest BCUT2D eigenvalue weighted by Crippen LogP contribution is -2.45. The topological polar surface area (TPSA) is 69.7 Å². The molecule has 3 aliphatic heterocycles. The van der Waals surface area contributed by atoms with Crippen LogP contribution in [0.3, 0.4) is 0 Å². The number of allylic oxidation sites excluding steroid dienone is 2. The van der Waals surface area contributed by atoms with Crippen molar-refractivity contribution in [2.24, 2.45) is 11.8 Å². The van der Waals surface area contributed by atoms with Gasteiger partial charge in [0.1, 0.15) is 5.60 Å². The summed E-state index contributed by atoms with van der Waals surface area (Å²) >= 11 is 0. The van der Waals surface area contributed by atoms with Crippen LogP contribution in [0.5, 0.6) is 0 Å². The largest absolute Gasteiger partial charge is 0.550 e. The highest BCUT2D eigenvalue weighted by atomic mass is 16.5. The molecule has 0 saturated carbocycles. The fraction of sp³-hybridized carbons (Fsp3) is 0.647. The van der Waals surface area contributed by atoms with Gasteiger partial charge in [-0.1, -0.05) is 23.8 Å². The molecule has 22 heavy (non-hydrogen) atoms. The maximum atomic E-state index is 12.7. The van der Waals surface area contributed by atoms with Crippen LogP contribution in [-0.4, -0.2) is 41.1 Å². The van der Waals surface area contributed by atoms with E-state index < -0.39 is 29.5 Å². The molecule has 0 aromatic heterocycles. The maximum Gasteiger partial charge on any atom is 0.230 e. The van der Waals surface area contributed by atoms with Gasteiger partial charge in [0.25, 0.3) is 0 Å². The summed E-state index contributed by atoms with van der Waals surface area (Å²) in [6.45, 7) is 6.56. The van der Waals surface area contributed by atoms with Crippen LogP contribution in [-0.2, 0) is 14.3 Å². The van der Waals surface area contributed by atoms with Crippen molar-refractivity contribution < 1.29 is 19.4 Å². The van der Waals surface area contributed by atoms with Crippen molar-refractivity contribution >= 4 is 11.9 Å². The van der Waals surface area contributed by atoms with Gasteiger partial charge in [-0.15, -0.1) is 0 Å². The molecule has 0 unspecified atom stereocenters. The number of fused-ring (bicyclic) bond motifs is 1. The maximum absolute atomic E-state index is 12.7. The first-order chi connectivity index (χ1) is 10.4. The van der Waals surface area contributed by atoms with Gasteiger partial charge in [0.15, 0.2) is 0 Å². The predicted molar refractivity (Wildman–Crippen MR) is 78.6 cm³/mol. The Morgan fingerprint density at radius 3 is 2.95 bits per heavy atom. The summed E-state index contributed by atoms with van der Waals surface area (Å²) in [7, 11) is 0. The van der Waals surface area contributed by atoms with Crippen molar-refractivity contribution in [1.82, 2.24) is 4.90 Å². The molecular weight excluding hydrogens is 282 g/mol. The Balaban J connectivity index is 1.76. The second-order valence-electron chi connectivity index (χ2n) is 6.89. The molecule has 3 aliphatic rings. The number of ether oxygens (including phenoxy) is 1. The summed E-state index contributed by atoms with van der Waals surface area (Å²) < 4.78 is 5.84. The third kappa shape index (κ3) is 2.19. The zero-order valence-electron chi connectivity index (χ0n) is 13.2. The van der Waals surface area contributed by atoms with Crippen molar-refractivity contribution in [2.75, 3.05) is 6.54 Å². The molecule has 3 rings (SSSR count). The van der Waals surface area contributed by atoms with Gasteiger partial charge in [0, 0.05) is 17.9 Å². The van der Waals surface area contributed by atoms with Crippen molar-refractivity contribution in [2.45, 2.75) is 51.4 Å². The van der Waals surface area contributed by atoms with Crippen LogP contribution >= 0.6 is 0 Å². The number of carboxylic acid groups (broad SMARTS) is 1. The van der Waals surface area contributed by atoms with Crippen LogP contribution in [0, 0.1) is 11.8 Å². The number of aliphatic carboxylic acids is 1. The van der Waals surface area contributed by atoms with E-state index in [4.69, 9.17) is 4.74 Å². The number of likely N-dealkylation sites (tertiary alicyclic amines) is 1. The molecular formula is C17H22NO4-. The molecule has 0 aromatic rings. The lowest BCUT2D eigenvalue weighted by Gasteiger charge is -2.27. The highest BCUT2D eigenvalue weighted by molar-refractivity contribution is 5.90. The minimum atomic E-state index is -1.19. The third-order valence-corrected chi connectivity index (χ3v) is 5.07. The van der Waals surface area contributed by atoms with E-state index in [1.807, 2.05) is 13.0 Å². The smallest absolute Gasteiger partial charge is 0.230 e. The second-order valence-corrected chi connectivity index (χ2v) is 6.89. The number of carbonyl (C=O) groups excluding carboxylic acids is 2. The van der Waals surface area contributed by atoms with Crippen LogP contribution in [0.15, 0.2) is 23.8 Å². The van der Waals surface area contributed by atoms with E-state index in [0.717, 1.165) is 12.8 Å². The molecule has 0 aromatic carbocycles. The summed E-state index contributed by atoms with van der Waals surface area (Å²) in [5.41, 5.74) is 0.509. The number of rotatable bonds is 5. The molecule has 5 atom stereocenters. The zero-order valence-corrected chi connectivity index (χ0v) is 13.2. The highest BCUT2D eigenvalue weighted by Gasteiger charge is 2.65. The summed E-state index contributed by atoms with van der Waals surface area (Å²) in [4.78, 5) is 25.9. The molecule has 120 valence electrons. The molecule has 1 spiro atoms. The van der Waals surface area contributed by atoms with Crippen LogP contribution in [0.4, 0.5) is 0 Å². The van der Waals surface area contributed by atoms with Gasteiger partial charge in [-0.25, -0.2) is 0 Å². The summed E-state index contributed by atoms with van der Waals surface area (Å²) in [6.07, 6.45) is 7.06. The molecule has 0 N–H and O–H groups in total. The first-order valence-corrected chi connectivity index (χ1v) is 7.87. The van der Waals surface area contributed by atoms with E-state index in [9.17, 15) is 14.7 Å².